The van der Waals surface area contributed by atoms with Crippen LogP contribution in [0.25, 0.3) is 0 Å². The fraction of sp³-hybridized carbons (Fsp3) is 0.481. The molecule has 4 nitrogen and oxygen atoms in total. The molecule has 1 aliphatic carbocycles. The third-order valence-electron chi connectivity index (χ3n) is 6.20. The second-order valence-electron chi connectivity index (χ2n) is 8.94. The van der Waals surface area contributed by atoms with Gasteiger partial charge in [-0.05, 0) is 51.3 Å². The molecule has 0 saturated heterocycles. The molecule has 32 heavy (non-hydrogen) atoms. The minimum Gasteiger partial charge on any atom is -0.352 e. The maximum absolute atomic E-state index is 13.2. The van der Waals surface area contributed by atoms with E-state index in [1.165, 1.54) is 30.4 Å². The van der Waals surface area contributed by atoms with Crippen LogP contribution in [-0.2, 0) is 16.1 Å². The van der Waals surface area contributed by atoms with Crippen LogP contribution in [0.4, 0.5) is 0 Å². The number of carbonyl (C=O) groups is 2. The molecule has 1 atom stereocenters. The van der Waals surface area contributed by atoms with Crippen LogP contribution in [0.5, 0.6) is 0 Å². The second kappa shape index (κ2) is 12.1. The molecule has 0 spiro atoms. The van der Waals surface area contributed by atoms with Gasteiger partial charge in [-0.3, -0.25) is 9.59 Å². The van der Waals surface area contributed by atoms with Crippen LogP contribution < -0.4 is 5.32 Å². The predicted octanol–water partition coefficient (Wildman–Crippen LogP) is 5.65. The molecule has 3 rings (SSSR count). The van der Waals surface area contributed by atoms with Crippen LogP contribution in [0.2, 0.25) is 0 Å². The average molecular weight is 453 g/mol. The monoisotopic (exact) mass is 452 g/mol. The smallest absolute Gasteiger partial charge is 0.242 e. The van der Waals surface area contributed by atoms with Gasteiger partial charge >= 0.3 is 0 Å². The fourth-order valence-electron chi connectivity index (χ4n) is 4.08. The highest BCUT2D eigenvalue weighted by Gasteiger charge is 2.27. The van der Waals surface area contributed by atoms with Crippen LogP contribution in [0.3, 0.4) is 0 Å². The molecule has 0 radical (unpaired) electrons. The van der Waals surface area contributed by atoms with E-state index < -0.39 is 6.04 Å². The zero-order chi connectivity index (χ0) is 22.9. The Labute approximate surface area is 197 Å². The molecule has 1 aliphatic rings. The van der Waals surface area contributed by atoms with Crippen molar-refractivity contribution in [1.29, 1.82) is 0 Å². The molecule has 172 valence electrons. The lowest BCUT2D eigenvalue weighted by atomic mass is 9.95. The molecule has 0 heterocycles. The van der Waals surface area contributed by atoms with E-state index in [9.17, 15) is 9.59 Å². The van der Waals surface area contributed by atoms with Gasteiger partial charge in [0.25, 0.3) is 0 Å². The van der Waals surface area contributed by atoms with Crippen molar-refractivity contribution >= 4 is 23.6 Å². The quantitative estimate of drug-likeness (QED) is 0.500. The van der Waals surface area contributed by atoms with Gasteiger partial charge in [0.2, 0.25) is 11.8 Å². The number of benzene rings is 2. The number of nitrogens with zero attached hydrogens (tertiary/aromatic N) is 1. The lowest BCUT2D eigenvalue weighted by molar-refractivity contribution is -0.140. The lowest BCUT2D eigenvalue weighted by Gasteiger charge is -2.31. The van der Waals surface area contributed by atoms with E-state index in [1.54, 1.807) is 16.7 Å². The summed E-state index contributed by atoms with van der Waals surface area (Å²) < 4.78 is 0. The predicted molar refractivity (Wildman–Crippen MR) is 133 cm³/mol. The van der Waals surface area contributed by atoms with E-state index in [-0.39, 0.29) is 17.9 Å². The second-order valence-corrected chi connectivity index (χ2v) is 10.1. The Morgan fingerprint density at radius 1 is 0.969 bits per heavy atom. The van der Waals surface area contributed by atoms with Crippen molar-refractivity contribution in [3.8, 4) is 0 Å². The topological polar surface area (TPSA) is 49.4 Å². The van der Waals surface area contributed by atoms with E-state index in [1.807, 2.05) is 19.1 Å². The summed E-state index contributed by atoms with van der Waals surface area (Å²) >= 11 is 1.68. The molecule has 1 N–H and O–H groups in total. The summed E-state index contributed by atoms with van der Waals surface area (Å²) in [6, 6.07) is 16.3. The Kier molecular flexibility index (Phi) is 9.22. The van der Waals surface area contributed by atoms with Gasteiger partial charge in [-0.25, -0.2) is 0 Å². The minimum absolute atomic E-state index is 0.0245. The van der Waals surface area contributed by atoms with Crippen molar-refractivity contribution in [3.05, 3.63) is 65.2 Å². The first-order chi connectivity index (χ1) is 15.4. The van der Waals surface area contributed by atoms with Gasteiger partial charge in [0.05, 0.1) is 0 Å². The third kappa shape index (κ3) is 7.40. The number of rotatable bonds is 9. The van der Waals surface area contributed by atoms with E-state index in [0.717, 1.165) is 23.3 Å². The fourth-order valence-corrected chi connectivity index (χ4v) is 4.92. The van der Waals surface area contributed by atoms with Crippen molar-refractivity contribution in [1.82, 2.24) is 10.2 Å². The average Bonchev–Trinajstić information content (AvgIpc) is 2.80. The number of nitrogens with one attached hydrogen (secondary N) is 1. The zero-order valence-electron chi connectivity index (χ0n) is 19.6. The first kappa shape index (κ1) is 24.4. The number of hydrogen-bond acceptors (Lipinski definition) is 3. The first-order valence-corrected chi connectivity index (χ1v) is 12.8. The summed E-state index contributed by atoms with van der Waals surface area (Å²) in [7, 11) is 0. The number of amides is 2. The molecular formula is C27H36N2O2S. The highest BCUT2D eigenvalue weighted by Crippen LogP contribution is 2.21. The lowest BCUT2D eigenvalue weighted by Crippen LogP contribution is -2.50. The van der Waals surface area contributed by atoms with Gasteiger partial charge in [0, 0.05) is 29.7 Å². The summed E-state index contributed by atoms with van der Waals surface area (Å²) in [6.07, 6.45) is 6.07. The van der Waals surface area contributed by atoms with E-state index in [0.29, 0.717) is 18.7 Å². The number of aryl methyl sites for hydroxylation is 2. The summed E-state index contributed by atoms with van der Waals surface area (Å²) in [5.41, 5.74) is 3.46. The minimum atomic E-state index is -0.491. The number of carbonyl (C=O) groups excluding carboxylic acids is 2. The Morgan fingerprint density at radius 3 is 2.19 bits per heavy atom. The van der Waals surface area contributed by atoms with Crippen LogP contribution in [0.1, 0.15) is 62.1 Å². The van der Waals surface area contributed by atoms with Gasteiger partial charge in [-0.2, -0.15) is 0 Å². The first-order valence-electron chi connectivity index (χ1n) is 11.8. The van der Waals surface area contributed by atoms with E-state index in [2.05, 4.69) is 55.6 Å². The van der Waals surface area contributed by atoms with Gasteiger partial charge in [0.1, 0.15) is 6.04 Å². The molecule has 0 aliphatic heterocycles. The molecular weight excluding hydrogens is 416 g/mol. The third-order valence-corrected chi connectivity index (χ3v) is 7.21. The molecule has 0 aromatic heterocycles. The van der Waals surface area contributed by atoms with Gasteiger partial charge < -0.3 is 10.2 Å². The van der Waals surface area contributed by atoms with Crippen LogP contribution in [0, 0.1) is 13.8 Å². The Hall–Kier alpha value is -2.27. The molecule has 0 unspecified atom stereocenters. The molecule has 2 amide bonds. The molecule has 5 heteroatoms. The van der Waals surface area contributed by atoms with Crippen LogP contribution >= 0.6 is 11.8 Å². The molecule has 1 fully saturated rings. The zero-order valence-corrected chi connectivity index (χ0v) is 20.4. The molecule has 2 aromatic carbocycles. The summed E-state index contributed by atoms with van der Waals surface area (Å²) in [5, 5.41) is 3.20. The Balaban J connectivity index is 1.64. The maximum atomic E-state index is 13.2. The molecule has 0 bridgehead atoms. The van der Waals surface area contributed by atoms with Crippen LogP contribution in [0.15, 0.2) is 53.4 Å². The largest absolute Gasteiger partial charge is 0.352 e. The highest BCUT2D eigenvalue weighted by molar-refractivity contribution is 7.99. The van der Waals surface area contributed by atoms with Crippen molar-refractivity contribution in [2.24, 2.45) is 0 Å². The van der Waals surface area contributed by atoms with Crippen molar-refractivity contribution in [2.75, 3.05) is 5.75 Å². The molecule has 2 aromatic rings. The number of hydrogen-bond donors (Lipinski definition) is 1. The van der Waals surface area contributed by atoms with Crippen molar-refractivity contribution < 1.29 is 9.59 Å². The van der Waals surface area contributed by atoms with E-state index >= 15 is 0 Å². The SMILES string of the molecule is Cc1ccc(CN(C(=O)CCSc2ccc(C)cc2)[C@@H](C)C(=O)NC2CCCCC2)cc1. The normalized spacial score (nSPS) is 15.2. The maximum Gasteiger partial charge on any atom is 0.242 e. The van der Waals surface area contributed by atoms with Gasteiger partial charge in [-0.1, -0.05) is 66.8 Å². The highest BCUT2D eigenvalue weighted by atomic mass is 32.2. The Bertz CT molecular complexity index is 874. The van der Waals surface area contributed by atoms with Crippen LogP contribution in [-0.4, -0.2) is 34.6 Å². The summed E-state index contributed by atoms with van der Waals surface area (Å²) in [4.78, 5) is 29.2. The molecule has 1 saturated carbocycles. The van der Waals surface area contributed by atoms with Crippen molar-refractivity contribution in [3.63, 3.8) is 0 Å². The standard InChI is InChI=1S/C27H36N2O2S/c1-20-9-13-23(14-10-20)19-29(22(3)27(31)28-24-7-5-4-6-8-24)26(30)17-18-32-25-15-11-21(2)12-16-25/h9-16,22,24H,4-8,17-19H2,1-3H3,(H,28,31)/t22-/m0/s1. The van der Waals surface area contributed by atoms with E-state index in [4.69, 9.17) is 0 Å². The Morgan fingerprint density at radius 2 is 1.56 bits per heavy atom. The number of thioether (sulfide) groups is 1. The summed E-state index contributed by atoms with van der Waals surface area (Å²) in [6.45, 7) is 6.43. The van der Waals surface area contributed by atoms with Gasteiger partial charge in [0.15, 0.2) is 0 Å². The van der Waals surface area contributed by atoms with Crippen molar-refractivity contribution in [2.45, 2.75) is 82.8 Å². The van der Waals surface area contributed by atoms with Gasteiger partial charge in [-0.15, -0.1) is 11.8 Å². The summed E-state index contributed by atoms with van der Waals surface area (Å²) in [5.74, 6) is 0.684.